The lowest BCUT2D eigenvalue weighted by molar-refractivity contribution is -0.119. The zero-order valence-corrected chi connectivity index (χ0v) is 23.2. The Labute approximate surface area is 229 Å². The Balaban J connectivity index is 0.000000181. The fourth-order valence-electron chi connectivity index (χ4n) is 4.51. The van der Waals surface area contributed by atoms with Crippen molar-refractivity contribution >= 4 is 16.8 Å². The summed E-state index contributed by atoms with van der Waals surface area (Å²) in [6, 6.07) is 9.65. The first-order valence-electron chi connectivity index (χ1n) is 13.2. The number of methoxy groups -OCH3 is 2. The van der Waals surface area contributed by atoms with Gasteiger partial charge in [0.25, 0.3) is 0 Å². The molecule has 2 aliphatic heterocycles. The van der Waals surface area contributed by atoms with Gasteiger partial charge in [0.1, 0.15) is 6.61 Å². The Morgan fingerprint density at radius 1 is 1.08 bits per heavy atom. The number of nitrogens with zero attached hydrogens (tertiary/aromatic N) is 3. The maximum atomic E-state index is 11.1. The molecule has 2 saturated heterocycles. The second-order valence-corrected chi connectivity index (χ2v) is 9.63. The van der Waals surface area contributed by atoms with Gasteiger partial charge in [-0.1, -0.05) is 0 Å². The van der Waals surface area contributed by atoms with Crippen molar-refractivity contribution in [1.82, 2.24) is 20.2 Å². The molecule has 39 heavy (non-hydrogen) atoms. The van der Waals surface area contributed by atoms with Crippen LogP contribution < -0.4 is 24.3 Å². The molecule has 2 aliphatic rings. The van der Waals surface area contributed by atoms with Crippen molar-refractivity contribution in [2.75, 3.05) is 66.8 Å². The standard InChI is InChI=1S/C15H23NO4.C14H15N3O2/c1-12-10-13(17-2)15(14(11-12)18-3)20-9-6-16-4-7-19-8-5-16;1-9-5-12-11(3-2-4-15-12)14(17-9)19-8-10-6-13(18)16-7-10/h10-11H,4-9H2,1-3H3;2-5,10H,6-8H2,1H3,(H,16,18)/t;10-/m.1/s1. The zero-order valence-electron chi connectivity index (χ0n) is 23.2. The average molecular weight is 539 g/mol. The van der Waals surface area contributed by atoms with E-state index in [4.69, 9.17) is 23.7 Å². The topological polar surface area (TPSA) is 104 Å². The number of carbonyl (C=O) groups excluding carboxylic acids is 1. The van der Waals surface area contributed by atoms with Crippen LogP contribution in [-0.4, -0.2) is 87.6 Å². The van der Waals surface area contributed by atoms with Crippen LogP contribution in [0.1, 0.15) is 17.7 Å². The zero-order chi connectivity index (χ0) is 27.6. The Kier molecular flexibility index (Phi) is 10.2. The molecule has 2 aromatic heterocycles. The second-order valence-electron chi connectivity index (χ2n) is 9.63. The van der Waals surface area contributed by atoms with Gasteiger partial charge in [-0.25, -0.2) is 4.98 Å². The number of aromatic nitrogens is 2. The lowest BCUT2D eigenvalue weighted by Crippen LogP contribution is -2.38. The highest BCUT2D eigenvalue weighted by Crippen LogP contribution is 2.38. The van der Waals surface area contributed by atoms with E-state index in [0.29, 0.717) is 49.3 Å². The molecule has 210 valence electrons. The number of nitrogens with one attached hydrogen (secondary N) is 1. The average Bonchev–Trinajstić information content (AvgIpc) is 3.37. The normalized spacial score (nSPS) is 17.2. The van der Waals surface area contributed by atoms with Crippen LogP contribution in [0, 0.1) is 19.8 Å². The van der Waals surface area contributed by atoms with Crippen molar-refractivity contribution in [2.45, 2.75) is 20.3 Å². The van der Waals surface area contributed by atoms with E-state index in [1.807, 2.05) is 44.2 Å². The summed E-state index contributed by atoms with van der Waals surface area (Å²) in [4.78, 5) is 22.2. The molecule has 0 aliphatic carbocycles. The van der Waals surface area contributed by atoms with Crippen molar-refractivity contribution in [3.63, 3.8) is 0 Å². The van der Waals surface area contributed by atoms with Crippen LogP contribution in [0.4, 0.5) is 0 Å². The quantitative estimate of drug-likeness (QED) is 0.440. The third kappa shape index (κ3) is 7.93. The number of aryl methyl sites for hydroxylation is 2. The number of amides is 1. The maximum Gasteiger partial charge on any atom is 0.223 e. The summed E-state index contributed by atoms with van der Waals surface area (Å²) in [7, 11) is 3.28. The van der Waals surface area contributed by atoms with Crippen LogP contribution in [0.25, 0.3) is 10.9 Å². The van der Waals surface area contributed by atoms with Crippen molar-refractivity contribution in [2.24, 2.45) is 5.92 Å². The molecule has 1 N–H and O–H groups in total. The highest BCUT2D eigenvalue weighted by molar-refractivity contribution is 5.83. The van der Waals surface area contributed by atoms with Crippen LogP contribution in [0.3, 0.4) is 0 Å². The van der Waals surface area contributed by atoms with Crippen molar-refractivity contribution in [3.8, 4) is 23.1 Å². The van der Waals surface area contributed by atoms with Crippen molar-refractivity contribution < 1.29 is 28.5 Å². The molecule has 1 aromatic carbocycles. The first-order chi connectivity index (χ1) is 19.0. The van der Waals surface area contributed by atoms with Crippen LogP contribution in [0.5, 0.6) is 23.1 Å². The van der Waals surface area contributed by atoms with E-state index in [-0.39, 0.29) is 11.8 Å². The SMILES string of the molecule is COc1cc(C)cc(OC)c1OCCN1CCOCC1.Cc1cc2ncccc2c(OC[C@H]2CNC(=O)C2)n1. The van der Waals surface area contributed by atoms with Gasteiger partial charge < -0.3 is 29.0 Å². The lowest BCUT2D eigenvalue weighted by Gasteiger charge is -2.26. The van der Waals surface area contributed by atoms with Crippen LogP contribution in [-0.2, 0) is 9.53 Å². The number of hydrogen-bond donors (Lipinski definition) is 1. The van der Waals surface area contributed by atoms with Gasteiger partial charge >= 0.3 is 0 Å². The summed E-state index contributed by atoms with van der Waals surface area (Å²) in [5.41, 5.74) is 2.84. The van der Waals surface area contributed by atoms with Gasteiger partial charge in [-0.3, -0.25) is 14.7 Å². The monoisotopic (exact) mass is 538 g/mol. The molecule has 10 heteroatoms. The molecule has 4 heterocycles. The molecular weight excluding hydrogens is 500 g/mol. The molecule has 0 bridgehead atoms. The lowest BCUT2D eigenvalue weighted by atomic mass is 10.1. The van der Waals surface area contributed by atoms with E-state index in [1.165, 1.54) is 0 Å². The Hall–Kier alpha value is -3.63. The number of ether oxygens (including phenoxy) is 5. The van der Waals surface area contributed by atoms with Crippen molar-refractivity contribution in [3.05, 3.63) is 47.8 Å². The Morgan fingerprint density at radius 3 is 2.49 bits per heavy atom. The Morgan fingerprint density at radius 2 is 1.82 bits per heavy atom. The van der Waals surface area contributed by atoms with Crippen LogP contribution >= 0.6 is 0 Å². The number of pyridine rings is 2. The third-order valence-corrected chi connectivity index (χ3v) is 6.57. The molecule has 0 radical (unpaired) electrons. The summed E-state index contributed by atoms with van der Waals surface area (Å²) in [6.45, 7) is 10.1. The number of carbonyl (C=O) groups is 1. The van der Waals surface area contributed by atoms with Gasteiger partial charge in [-0.2, -0.15) is 0 Å². The van der Waals surface area contributed by atoms with Crippen LogP contribution in [0.2, 0.25) is 0 Å². The van der Waals surface area contributed by atoms with Gasteiger partial charge in [0.2, 0.25) is 17.5 Å². The van der Waals surface area contributed by atoms with Gasteiger partial charge in [0, 0.05) is 50.4 Å². The van der Waals surface area contributed by atoms with Gasteiger partial charge in [0.05, 0.1) is 44.9 Å². The fourth-order valence-corrected chi connectivity index (χ4v) is 4.51. The molecule has 0 saturated carbocycles. The first kappa shape index (κ1) is 28.4. The first-order valence-corrected chi connectivity index (χ1v) is 13.2. The molecule has 0 unspecified atom stereocenters. The summed E-state index contributed by atoms with van der Waals surface area (Å²) in [5.74, 6) is 3.02. The van der Waals surface area contributed by atoms with E-state index >= 15 is 0 Å². The van der Waals surface area contributed by atoms with E-state index < -0.39 is 0 Å². The summed E-state index contributed by atoms with van der Waals surface area (Å²) < 4.78 is 27.7. The van der Waals surface area contributed by atoms with Crippen LogP contribution in [0.15, 0.2) is 36.5 Å². The number of hydrogen-bond acceptors (Lipinski definition) is 9. The van der Waals surface area contributed by atoms with Gasteiger partial charge in [-0.15, -0.1) is 0 Å². The number of benzene rings is 1. The van der Waals surface area contributed by atoms with E-state index in [1.54, 1.807) is 20.4 Å². The number of morpholine rings is 1. The highest BCUT2D eigenvalue weighted by atomic mass is 16.5. The largest absolute Gasteiger partial charge is 0.493 e. The van der Waals surface area contributed by atoms with Gasteiger partial charge in [-0.05, 0) is 49.7 Å². The fraction of sp³-hybridized carbons (Fsp3) is 0.483. The van der Waals surface area contributed by atoms with E-state index in [9.17, 15) is 4.79 Å². The number of rotatable bonds is 9. The van der Waals surface area contributed by atoms with E-state index in [2.05, 4.69) is 20.2 Å². The Bertz CT molecular complexity index is 1220. The molecule has 1 atom stereocenters. The van der Waals surface area contributed by atoms with E-state index in [0.717, 1.165) is 55.0 Å². The van der Waals surface area contributed by atoms with Gasteiger partial charge in [0.15, 0.2) is 11.5 Å². The minimum Gasteiger partial charge on any atom is -0.493 e. The smallest absolute Gasteiger partial charge is 0.223 e. The predicted molar refractivity (Wildman–Crippen MR) is 148 cm³/mol. The molecule has 5 rings (SSSR count). The molecule has 0 spiro atoms. The third-order valence-electron chi connectivity index (χ3n) is 6.57. The highest BCUT2D eigenvalue weighted by Gasteiger charge is 2.22. The molecule has 1 amide bonds. The summed E-state index contributed by atoms with van der Waals surface area (Å²) >= 11 is 0. The number of fused-ring (bicyclic) bond motifs is 1. The molecule has 10 nitrogen and oxygen atoms in total. The second kappa shape index (κ2) is 14.0. The summed E-state index contributed by atoms with van der Waals surface area (Å²) in [6.07, 6.45) is 2.28. The minimum absolute atomic E-state index is 0.0947. The molecule has 2 fully saturated rings. The van der Waals surface area contributed by atoms with Crippen molar-refractivity contribution in [1.29, 1.82) is 0 Å². The maximum absolute atomic E-state index is 11.1. The molecular formula is C29H38N4O6. The predicted octanol–water partition coefficient (Wildman–Crippen LogP) is 3.18. The minimum atomic E-state index is 0.0947. The molecule has 3 aromatic rings. The summed E-state index contributed by atoms with van der Waals surface area (Å²) in [5, 5.41) is 3.71.